The number of thiazole rings is 4. The number of para-hydroxylation sites is 1. The number of aromatic nitrogens is 6. The molecule has 8 heterocycles. The number of anilines is 2. The Bertz CT molecular complexity index is 2840. The van der Waals surface area contributed by atoms with Crippen LogP contribution < -0.4 is 15.4 Å². The van der Waals surface area contributed by atoms with E-state index in [1.165, 1.54) is 56.7 Å². The number of alkyl halides is 2. The molecule has 2 fully saturated rings. The van der Waals surface area contributed by atoms with E-state index in [0.717, 1.165) is 83.2 Å². The average Bonchev–Trinajstić information content (AvgIpc) is 4.26. The smallest absolute Gasteiger partial charge is 0.323 e. The van der Waals surface area contributed by atoms with Gasteiger partial charge in [0.05, 0.1) is 24.4 Å². The van der Waals surface area contributed by atoms with Crippen molar-refractivity contribution in [2.24, 2.45) is 11.8 Å². The van der Waals surface area contributed by atoms with Crippen LogP contribution in [-0.2, 0) is 32.3 Å². The number of nitrogens with two attached hydrogens (primary N) is 1. The van der Waals surface area contributed by atoms with Gasteiger partial charge in [-0.3, -0.25) is 33.4 Å². The molecule has 2 atom stereocenters. The van der Waals surface area contributed by atoms with Crippen molar-refractivity contribution >= 4 is 204 Å². The molecule has 2 saturated heterocycles. The lowest BCUT2D eigenvalue weighted by Gasteiger charge is -2.20. The van der Waals surface area contributed by atoms with Gasteiger partial charge in [-0.25, -0.2) is 15.0 Å². The number of amides is 2. The molecule has 17 nitrogen and oxygen atoms in total. The lowest BCUT2D eigenvalue weighted by atomic mass is 10.0. The monoisotopic (exact) mass is 1390 g/mol. The molecule has 0 spiro atoms. The number of benzene rings is 1. The van der Waals surface area contributed by atoms with Gasteiger partial charge in [-0.05, 0) is 50.7 Å². The number of aliphatic carboxylic acids is 2. The Morgan fingerprint density at radius 3 is 1.78 bits per heavy atom. The standard InChI is InChI=1S/C13H15Cl2N3OS.C10H15N.C8H14ClNO.C5H2Cl2N2S.C5H5ClN2O2S.C3H3ClN2S.C2H3BrO2.BrH/c1-2-3-8-4-11(19)17(5-8)6-9-12(15)16-13-18(9)7-10(14)20-13;1-3-11(4-2)10-8-6-5-7-9-10;1-2-3-7-4-8(11)10(5-7)6-9;6-3-1-9-2-4(7)10-5(9)8-3;6-3-1-8(2-4(9)10)5(7)11-3;4-2-1-6-3(5)7-2;3-1-2(4)5;/h7-8H,2-6H2,1H3;5-9H,3-4H2,1-2H3;7H,2-6H2,1H3;1-2H;1,7H,2H2,(H,9,10);1H,(H2,5,6);1H2,(H,4,5);1H. The number of rotatable bonds is 13. The maximum Gasteiger partial charge on any atom is 0.323 e. The van der Waals surface area contributed by atoms with Gasteiger partial charge in [0.2, 0.25) is 11.8 Å². The van der Waals surface area contributed by atoms with Crippen LogP contribution in [0, 0.1) is 17.2 Å². The number of carboxylic acid groups (broad SMARTS) is 2. The minimum absolute atomic E-state index is 0. The van der Waals surface area contributed by atoms with Crippen molar-refractivity contribution in [3.63, 3.8) is 0 Å². The number of imidazole rings is 2. The Hall–Kier alpha value is -2.91. The predicted molar refractivity (Wildman–Crippen MR) is 324 cm³/mol. The van der Waals surface area contributed by atoms with Crippen molar-refractivity contribution in [3.8, 4) is 0 Å². The van der Waals surface area contributed by atoms with Crippen molar-refractivity contribution in [1.29, 1.82) is 5.41 Å². The summed E-state index contributed by atoms with van der Waals surface area (Å²) in [6.07, 6.45) is 14.2. The summed E-state index contributed by atoms with van der Waals surface area (Å²) in [6.45, 7) is 12.8. The minimum atomic E-state index is -0.974. The van der Waals surface area contributed by atoms with Crippen LogP contribution in [0.15, 0.2) is 61.3 Å². The number of hydrogen-bond acceptors (Lipinski definition) is 14. The summed E-state index contributed by atoms with van der Waals surface area (Å²) >= 11 is 47.8. The number of carbonyl (C=O) groups excluding carboxylic acids is 2. The molecule has 1 aromatic carbocycles. The normalized spacial score (nSPS) is 14.3. The molecule has 5 N–H and O–H groups in total. The number of carboxylic acids is 2. The molecule has 2 amide bonds. The second kappa shape index (κ2) is 36.4. The molecule has 7 aromatic rings. The number of fused-ring (bicyclic) bond motifs is 2. The van der Waals surface area contributed by atoms with Gasteiger partial charge in [-0.1, -0.05) is 176 Å². The average molecular weight is 1400 g/mol. The van der Waals surface area contributed by atoms with E-state index in [2.05, 4.69) is 87.7 Å². The van der Waals surface area contributed by atoms with Gasteiger partial charge < -0.3 is 35.2 Å². The third-order valence-corrected chi connectivity index (χ3v) is 15.9. The molecule has 30 heteroatoms. The third kappa shape index (κ3) is 24.2. The first-order valence-corrected chi connectivity index (χ1v) is 30.1. The van der Waals surface area contributed by atoms with E-state index in [9.17, 15) is 19.2 Å². The van der Waals surface area contributed by atoms with Crippen LogP contribution in [0.4, 0.5) is 10.8 Å². The molecule has 9 rings (SSSR count). The predicted octanol–water partition coefficient (Wildman–Crippen LogP) is 14.1. The molecule has 0 radical (unpaired) electrons. The number of carbonyl (C=O) groups is 4. The minimum Gasteiger partial charge on any atom is -0.481 e. The highest BCUT2D eigenvalue weighted by Crippen LogP contribution is 2.31. The first-order valence-electron chi connectivity index (χ1n) is 22.9. The summed E-state index contributed by atoms with van der Waals surface area (Å²) in [6, 6.07) is 10.9. The Morgan fingerprint density at radius 2 is 1.33 bits per heavy atom. The number of nitrogens with zero attached hydrogens (tertiary/aromatic N) is 9. The lowest BCUT2D eigenvalue weighted by Crippen LogP contribution is -2.25. The fourth-order valence-corrected chi connectivity index (χ4v) is 11.6. The Kier molecular flexibility index (Phi) is 33.1. The van der Waals surface area contributed by atoms with Gasteiger partial charge in [-0.2, -0.15) is 0 Å². The van der Waals surface area contributed by atoms with E-state index in [0.29, 0.717) is 65.7 Å². The molecule has 2 aliphatic rings. The zero-order valence-electron chi connectivity index (χ0n) is 41.5. The molecular weight excluding hydrogens is 1340 g/mol. The number of hydrogen-bond donors (Lipinski definition) is 4. The van der Waals surface area contributed by atoms with E-state index in [-0.39, 0.29) is 45.5 Å². The SMILES string of the molecule is Br.CCCC1CC(=O)N(CCl)C1.CCCC1CC(=O)N(Cc2c(Cl)nc3sc(Cl)cn23)C1.CCN(CC)c1ccccc1.Clc1cn2cc(Cl)sc2n1.N=c1sc(Cl)cn1CC(=O)O.Nc1ncc(Cl)s1.O=C(O)CBr. The second-order valence-corrected chi connectivity index (χ2v) is 24.1. The number of halogens is 9. The summed E-state index contributed by atoms with van der Waals surface area (Å²) in [4.78, 5) is 62.3. The quantitative estimate of drug-likeness (QED) is 0.0628. The molecule has 2 unspecified atom stereocenters. The van der Waals surface area contributed by atoms with Crippen molar-refractivity contribution in [2.75, 3.05) is 48.1 Å². The van der Waals surface area contributed by atoms with Gasteiger partial charge in [0, 0.05) is 69.5 Å². The lowest BCUT2D eigenvalue weighted by molar-refractivity contribution is -0.138. The molecule has 0 aliphatic carbocycles. The molecule has 0 bridgehead atoms. The summed E-state index contributed by atoms with van der Waals surface area (Å²) in [5, 5.41) is 24.8. The maximum absolute atomic E-state index is 12.1. The summed E-state index contributed by atoms with van der Waals surface area (Å²) < 4.78 is 7.41. The molecule has 6 aromatic heterocycles. The number of nitrogens with one attached hydrogen (secondary N) is 1. The summed E-state index contributed by atoms with van der Waals surface area (Å²) in [5.41, 5.74) is 7.36. The zero-order chi connectivity index (χ0) is 55.8. The van der Waals surface area contributed by atoms with Crippen LogP contribution in [0.5, 0.6) is 0 Å². The van der Waals surface area contributed by atoms with Crippen molar-refractivity contribution in [1.82, 2.24) is 38.1 Å². The number of nitrogen functional groups attached to an aromatic ring is 1. The van der Waals surface area contributed by atoms with E-state index < -0.39 is 11.9 Å². The fourth-order valence-electron chi connectivity index (χ4n) is 7.19. The van der Waals surface area contributed by atoms with Gasteiger partial charge in [0.15, 0.2) is 25.0 Å². The molecule has 0 saturated carbocycles. The highest BCUT2D eigenvalue weighted by atomic mass is 79.9. The van der Waals surface area contributed by atoms with Crippen LogP contribution in [0.25, 0.3) is 9.92 Å². The Balaban J connectivity index is 0.000000314. The first-order chi connectivity index (χ1) is 35.6. The Labute approximate surface area is 510 Å². The van der Waals surface area contributed by atoms with Gasteiger partial charge in [0.25, 0.3) is 0 Å². The molecular formula is C46H58Br2Cl7N11O6S4. The first kappa shape index (κ1) is 69.2. The van der Waals surface area contributed by atoms with Crippen molar-refractivity contribution in [2.45, 2.75) is 79.3 Å². The van der Waals surface area contributed by atoms with Crippen LogP contribution >= 0.6 is 159 Å². The van der Waals surface area contributed by atoms with E-state index in [1.54, 1.807) is 27.9 Å². The highest BCUT2D eigenvalue weighted by Gasteiger charge is 2.30. The van der Waals surface area contributed by atoms with Gasteiger partial charge >= 0.3 is 11.9 Å². The van der Waals surface area contributed by atoms with Crippen molar-refractivity contribution < 1.29 is 29.4 Å². The van der Waals surface area contributed by atoms with Crippen LogP contribution in [-0.4, -0.2) is 110 Å². The third-order valence-electron chi connectivity index (χ3n) is 10.4. The second-order valence-electron chi connectivity index (χ2n) is 16.0. The van der Waals surface area contributed by atoms with Gasteiger partial charge in [0.1, 0.15) is 34.4 Å². The fraction of sp³-hybridized carbons (Fsp3) is 0.435. The van der Waals surface area contributed by atoms with Crippen LogP contribution in [0.3, 0.4) is 0 Å². The molecule has 2 aliphatic heterocycles. The largest absolute Gasteiger partial charge is 0.481 e. The Morgan fingerprint density at radius 1 is 0.776 bits per heavy atom. The maximum atomic E-state index is 12.1. The van der Waals surface area contributed by atoms with E-state index in [1.807, 2.05) is 15.4 Å². The van der Waals surface area contributed by atoms with Crippen molar-refractivity contribution in [3.05, 3.63) is 99.5 Å². The van der Waals surface area contributed by atoms with Gasteiger partial charge in [-0.15, -0.1) is 28.6 Å². The molecule has 420 valence electrons. The topological polar surface area (TPSA) is 221 Å². The highest BCUT2D eigenvalue weighted by molar-refractivity contribution is 9.09. The molecule has 76 heavy (non-hydrogen) atoms. The number of likely N-dealkylation sites (tertiary alicyclic amines) is 2. The van der Waals surface area contributed by atoms with Crippen LogP contribution in [0.1, 0.15) is 71.9 Å². The van der Waals surface area contributed by atoms with E-state index >= 15 is 0 Å². The summed E-state index contributed by atoms with van der Waals surface area (Å²) in [7, 11) is 0. The van der Waals surface area contributed by atoms with E-state index in [4.69, 9.17) is 103 Å². The van der Waals surface area contributed by atoms with Crippen LogP contribution in [0.2, 0.25) is 27.7 Å². The zero-order valence-corrected chi connectivity index (χ0v) is 53.4. The summed E-state index contributed by atoms with van der Waals surface area (Å²) in [5.74, 6) is -0.343.